The molecule has 0 aliphatic carbocycles. The molecule has 6 heteroatoms. The molecule has 1 aromatic carbocycles. The van der Waals surface area contributed by atoms with Crippen LogP contribution < -0.4 is 23.0 Å². The van der Waals surface area contributed by atoms with Gasteiger partial charge >= 0.3 is 0 Å². The molecule has 1 aromatic rings. The van der Waals surface area contributed by atoms with Crippen LogP contribution >= 0.6 is 12.2 Å². The summed E-state index contributed by atoms with van der Waals surface area (Å²) in [6.45, 7) is 0.393. The average molecular weight is 211 g/mol. The molecule has 8 N–H and O–H groups in total. The van der Waals surface area contributed by atoms with Crippen molar-refractivity contribution < 1.29 is 0 Å². The van der Waals surface area contributed by atoms with Crippen LogP contribution in [-0.2, 0) is 6.54 Å². The third-order valence-electron chi connectivity index (χ3n) is 1.67. The largest absolute Gasteiger partial charge is 0.399 e. The first kappa shape index (κ1) is 10.6. The van der Waals surface area contributed by atoms with Gasteiger partial charge in [0, 0.05) is 11.4 Å². The maximum atomic E-state index is 5.61. The number of thiocarbonyl (C=S) groups is 1. The minimum Gasteiger partial charge on any atom is -0.399 e. The van der Waals surface area contributed by atoms with Crippen LogP contribution in [0, 0.1) is 0 Å². The SMILES string of the molecule is NC(=S)N(N)Cc1cc(N)cc(N)c1. The van der Waals surface area contributed by atoms with Crippen LogP contribution in [-0.4, -0.2) is 10.1 Å². The van der Waals surface area contributed by atoms with E-state index < -0.39 is 0 Å². The average Bonchev–Trinajstić information content (AvgIpc) is 2.01. The van der Waals surface area contributed by atoms with Gasteiger partial charge in [0.2, 0.25) is 0 Å². The lowest BCUT2D eigenvalue weighted by molar-refractivity contribution is 0.438. The van der Waals surface area contributed by atoms with Gasteiger partial charge in [-0.3, -0.25) is 5.01 Å². The summed E-state index contributed by atoms with van der Waals surface area (Å²) in [5.74, 6) is 5.53. The minimum atomic E-state index is 0.131. The molecule has 0 aliphatic heterocycles. The number of rotatable bonds is 2. The molecular formula is C8H13N5S. The third kappa shape index (κ3) is 2.75. The van der Waals surface area contributed by atoms with E-state index in [1.54, 1.807) is 18.2 Å². The summed E-state index contributed by atoms with van der Waals surface area (Å²) in [6, 6.07) is 5.22. The van der Waals surface area contributed by atoms with Crippen LogP contribution in [0.5, 0.6) is 0 Å². The maximum absolute atomic E-state index is 5.61. The zero-order chi connectivity index (χ0) is 10.7. The summed E-state index contributed by atoms with van der Waals surface area (Å²) in [6.07, 6.45) is 0. The summed E-state index contributed by atoms with van der Waals surface area (Å²) in [5, 5.41) is 1.38. The van der Waals surface area contributed by atoms with Crippen LogP contribution in [0.4, 0.5) is 11.4 Å². The van der Waals surface area contributed by atoms with E-state index in [4.69, 9.17) is 35.3 Å². The van der Waals surface area contributed by atoms with Crippen molar-refractivity contribution in [3.63, 3.8) is 0 Å². The van der Waals surface area contributed by atoms with Crippen molar-refractivity contribution in [2.24, 2.45) is 11.6 Å². The van der Waals surface area contributed by atoms with E-state index in [-0.39, 0.29) is 5.11 Å². The van der Waals surface area contributed by atoms with Gasteiger partial charge in [-0.2, -0.15) is 0 Å². The van der Waals surface area contributed by atoms with E-state index in [1.165, 1.54) is 5.01 Å². The Balaban J connectivity index is 2.81. The van der Waals surface area contributed by atoms with Crippen LogP contribution in [0.1, 0.15) is 5.56 Å². The van der Waals surface area contributed by atoms with Crippen LogP contribution in [0.3, 0.4) is 0 Å². The summed E-state index contributed by atoms with van der Waals surface area (Å²) >= 11 is 4.70. The Morgan fingerprint density at radius 1 is 1.21 bits per heavy atom. The van der Waals surface area contributed by atoms with Gasteiger partial charge in [-0.25, -0.2) is 5.84 Å². The molecule has 0 saturated carbocycles. The molecule has 5 nitrogen and oxygen atoms in total. The second kappa shape index (κ2) is 4.12. The smallest absolute Gasteiger partial charge is 0.180 e. The zero-order valence-corrected chi connectivity index (χ0v) is 8.42. The van der Waals surface area contributed by atoms with Gasteiger partial charge in [0.25, 0.3) is 0 Å². The quantitative estimate of drug-likeness (QED) is 0.233. The summed E-state index contributed by atoms with van der Waals surface area (Å²) in [4.78, 5) is 0. The minimum absolute atomic E-state index is 0.131. The van der Waals surface area contributed by atoms with E-state index in [9.17, 15) is 0 Å². The fourth-order valence-corrected chi connectivity index (χ4v) is 1.18. The second-order valence-electron chi connectivity index (χ2n) is 2.97. The number of nitrogens with zero attached hydrogens (tertiary/aromatic N) is 1. The Kier molecular flexibility index (Phi) is 3.10. The number of hydrazine groups is 1. The molecule has 0 fully saturated rings. The first-order valence-electron chi connectivity index (χ1n) is 3.95. The Bertz CT molecular complexity index is 331. The molecule has 0 bridgehead atoms. The Morgan fingerprint density at radius 3 is 2.14 bits per heavy atom. The highest BCUT2D eigenvalue weighted by Crippen LogP contribution is 2.14. The van der Waals surface area contributed by atoms with Gasteiger partial charge in [-0.15, -0.1) is 0 Å². The molecule has 0 heterocycles. The summed E-state index contributed by atoms with van der Waals surface area (Å²) in [7, 11) is 0. The van der Waals surface area contributed by atoms with Gasteiger partial charge in [-0.05, 0) is 36.0 Å². The van der Waals surface area contributed by atoms with Gasteiger partial charge in [0.1, 0.15) is 0 Å². The molecule has 76 valence electrons. The molecule has 0 saturated heterocycles. The van der Waals surface area contributed by atoms with Crippen molar-refractivity contribution >= 4 is 28.7 Å². The third-order valence-corrected chi connectivity index (χ3v) is 1.91. The van der Waals surface area contributed by atoms with E-state index >= 15 is 0 Å². The lowest BCUT2D eigenvalue weighted by atomic mass is 10.2. The number of nitrogens with two attached hydrogens (primary N) is 4. The van der Waals surface area contributed by atoms with Crippen molar-refractivity contribution in [3.8, 4) is 0 Å². The first-order valence-corrected chi connectivity index (χ1v) is 4.36. The van der Waals surface area contributed by atoms with Crippen LogP contribution in [0.25, 0.3) is 0 Å². The van der Waals surface area contributed by atoms with Gasteiger partial charge < -0.3 is 17.2 Å². The number of anilines is 2. The van der Waals surface area contributed by atoms with E-state index in [0.717, 1.165) is 5.56 Å². The highest BCUT2D eigenvalue weighted by atomic mass is 32.1. The first-order chi connectivity index (χ1) is 6.49. The summed E-state index contributed by atoms with van der Waals surface area (Å²) < 4.78 is 0. The van der Waals surface area contributed by atoms with Crippen LogP contribution in [0.15, 0.2) is 18.2 Å². The van der Waals surface area contributed by atoms with Gasteiger partial charge in [0.15, 0.2) is 5.11 Å². The van der Waals surface area contributed by atoms with Crippen molar-refractivity contribution in [2.45, 2.75) is 6.54 Å². The Morgan fingerprint density at radius 2 is 1.71 bits per heavy atom. The molecule has 0 radical (unpaired) electrons. The highest BCUT2D eigenvalue weighted by Gasteiger charge is 2.03. The predicted octanol–water partition coefficient (Wildman–Crippen LogP) is -0.230. The van der Waals surface area contributed by atoms with E-state index in [2.05, 4.69) is 0 Å². The van der Waals surface area contributed by atoms with Crippen molar-refractivity contribution in [2.75, 3.05) is 11.5 Å². The highest BCUT2D eigenvalue weighted by molar-refractivity contribution is 7.80. The number of nitrogen functional groups attached to an aromatic ring is 2. The number of hydrogen-bond acceptors (Lipinski definition) is 4. The molecule has 0 atom stereocenters. The Labute approximate surface area is 87.6 Å². The fraction of sp³-hybridized carbons (Fsp3) is 0.125. The molecule has 0 unspecified atom stereocenters. The van der Waals surface area contributed by atoms with Crippen molar-refractivity contribution in [1.82, 2.24) is 5.01 Å². The maximum Gasteiger partial charge on any atom is 0.180 e. The molecule has 14 heavy (non-hydrogen) atoms. The van der Waals surface area contributed by atoms with E-state index in [0.29, 0.717) is 17.9 Å². The van der Waals surface area contributed by atoms with Crippen LogP contribution in [0.2, 0.25) is 0 Å². The standard InChI is InChI=1S/C8H13N5S/c9-6-1-5(2-7(10)3-6)4-13(12)8(11)14/h1-3H,4,9-10,12H2,(H2,11,14). The van der Waals surface area contributed by atoms with Crippen molar-refractivity contribution in [1.29, 1.82) is 0 Å². The van der Waals surface area contributed by atoms with Gasteiger partial charge in [-0.1, -0.05) is 0 Å². The zero-order valence-electron chi connectivity index (χ0n) is 7.60. The lowest BCUT2D eigenvalue weighted by Gasteiger charge is -2.16. The van der Waals surface area contributed by atoms with Gasteiger partial charge in [0.05, 0.1) is 6.54 Å². The lowest BCUT2D eigenvalue weighted by Crippen LogP contribution is -2.40. The number of hydrogen-bond donors (Lipinski definition) is 4. The monoisotopic (exact) mass is 211 g/mol. The molecule has 1 rings (SSSR count). The normalized spacial score (nSPS) is 9.79. The summed E-state index contributed by atoms with van der Waals surface area (Å²) in [5.41, 5.74) is 18.6. The van der Waals surface area contributed by atoms with E-state index in [1.807, 2.05) is 0 Å². The second-order valence-corrected chi connectivity index (χ2v) is 3.39. The molecule has 0 aliphatic rings. The number of benzene rings is 1. The predicted molar refractivity (Wildman–Crippen MR) is 61.8 cm³/mol. The molecule has 0 amide bonds. The molecule has 0 aromatic heterocycles. The molecule has 0 spiro atoms. The van der Waals surface area contributed by atoms with Crippen molar-refractivity contribution in [3.05, 3.63) is 23.8 Å². The Hall–Kier alpha value is -1.53. The topological polar surface area (TPSA) is 107 Å². The molecular weight excluding hydrogens is 198 g/mol. The fourth-order valence-electron chi connectivity index (χ4n) is 1.11.